The Balaban J connectivity index is 1.84. The third-order valence-corrected chi connectivity index (χ3v) is 5.53. The van der Waals surface area contributed by atoms with Crippen molar-refractivity contribution in [2.75, 3.05) is 5.75 Å². The van der Waals surface area contributed by atoms with Crippen LogP contribution < -0.4 is 5.56 Å². The van der Waals surface area contributed by atoms with E-state index in [4.69, 9.17) is 4.74 Å². The summed E-state index contributed by atoms with van der Waals surface area (Å²) in [5, 5.41) is 1.23. The summed E-state index contributed by atoms with van der Waals surface area (Å²) in [6, 6.07) is 0. The maximum absolute atomic E-state index is 12.3. The van der Waals surface area contributed by atoms with Crippen molar-refractivity contribution in [3.8, 4) is 0 Å². The number of nitrogens with zero attached hydrogens (tertiary/aromatic N) is 1. The summed E-state index contributed by atoms with van der Waals surface area (Å²) >= 11 is 2.82. The van der Waals surface area contributed by atoms with Crippen LogP contribution in [0, 0.1) is 0 Å². The summed E-state index contributed by atoms with van der Waals surface area (Å²) in [7, 11) is 0. The first-order valence-corrected chi connectivity index (χ1v) is 9.21. The molecule has 0 saturated heterocycles. The molecule has 1 aliphatic carbocycles. The van der Waals surface area contributed by atoms with E-state index >= 15 is 0 Å². The second kappa shape index (κ2) is 6.42. The van der Waals surface area contributed by atoms with E-state index in [0.29, 0.717) is 5.16 Å². The van der Waals surface area contributed by atoms with Crippen LogP contribution in [-0.2, 0) is 22.4 Å². The minimum absolute atomic E-state index is 0.0934. The minimum atomic E-state index is -0.298. The number of thioether (sulfide) groups is 1. The number of ether oxygens (including phenoxy) is 1. The molecule has 5 nitrogen and oxygen atoms in total. The van der Waals surface area contributed by atoms with Crippen LogP contribution in [0.2, 0.25) is 0 Å². The van der Waals surface area contributed by atoms with Crippen LogP contribution in [0.3, 0.4) is 0 Å². The molecular formula is C15H18N2O3S2. The number of H-pyrrole nitrogens is 1. The van der Waals surface area contributed by atoms with Gasteiger partial charge in [-0.3, -0.25) is 9.59 Å². The fourth-order valence-corrected chi connectivity index (χ4v) is 4.60. The predicted molar refractivity (Wildman–Crippen MR) is 88.8 cm³/mol. The quantitative estimate of drug-likeness (QED) is 0.527. The first-order valence-electron chi connectivity index (χ1n) is 7.41. The van der Waals surface area contributed by atoms with E-state index < -0.39 is 0 Å². The second-order valence-corrected chi connectivity index (χ2v) is 7.64. The molecular weight excluding hydrogens is 320 g/mol. The molecule has 2 heterocycles. The van der Waals surface area contributed by atoms with E-state index in [1.165, 1.54) is 28.6 Å². The third-order valence-electron chi connectivity index (χ3n) is 3.50. The molecule has 0 atom stereocenters. The Kier molecular flexibility index (Phi) is 4.54. The van der Waals surface area contributed by atoms with Crippen molar-refractivity contribution in [3.63, 3.8) is 0 Å². The van der Waals surface area contributed by atoms with Crippen LogP contribution in [0.15, 0.2) is 9.95 Å². The fourth-order valence-electron chi connectivity index (χ4n) is 2.64. The lowest BCUT2D eigenvalue weighted by Gasteiger charge is -2.09. The van der Waals surface area contributed by atoms with Crippen molar-refractivity contribution in [2.24, 2.45) is 0 Å². The molecule has 0 bridgehead atoms. The second-order valence-electron chi connectivity index (χ2n) is 5.59. The van der Waals surface area contributed by atoms with Gasteiger partial charge in [-0.1, -0.05) is 11.8 Å². The molecule has 7 heteroatoms. The molecule has 0 aliphatic heterocycles. The van der Waals surface area contributed by atoms with Crippen LogP contribution in [0.4, 0.5) is 0 Å². The SMILES string of the molecule is CC(C)OC(=O)CSc1nc2sc3c(c2c(=O)[nH]1)CCCC3. The highest BCUT2D eigenvalue weighted by Crippen LogP contribution is 2.34. The average molecular weight is 338 g/mol. The zero-order valence-corrected chi connectivity index (χ0v) is 14.2. The number of aryl methyl sites for hydroxylation is 2. The Bertz CT molecular complexity index is 764. The van der Waals surface area contributed by atoms with Crippen molar-refractivity contribution in [3.05, 3.63) is 20.8 Å². The number of carbonyl (C=O) groups is 1. The maximum atomic E-state index is 12.3. The highest BCUT2D eigenvalue weighted by atomic mass is 32.2. The van der Waals surface area contributed by atoms with Gasteiger partial charge < -0.3 is 9.72 Å². The average Bonchev–Trinajstić information content (AvgIpc) is 2.83. The summed E-state index contributed by atoms with van der Waals surface area (Å²) in [5.74, 6) is -0.147. The van der Waals surface area contributed by atoms with Gasteiger partial charge in [-0.25, -0.2) is 4.98 Å². The van der Waals surface area contributed by atoms with Crippen molar-refractivity contribution in [1.82, 2.24) is 9.97 Å². The number of fused-ring (bicyclic) bond motifs is 3. The molecule has 0 amide bonds. The van der Waals surface area contributed by atoms with Gasteiger partial charge in [0.15, 0.2) is 5.16 Å². The lowest BCUT2D eigenvalue weighted by Crippen LogP contribution is -2.15. The first kappa shape index (κ1) is 15.6. The number of thiophene rings is 1. The van der Waals surface area contributed by atoms with Crippen LogP contribution in [-0.4, -0.2) is 27.8 Å². The van der Waals surface area contributed by atoms with Gasteiger partial charge in [-0.2, -0.15) is 0 Å². The summed E-state index contributed by atoms with van der Waals surface area (Å²) in [5.41, 5.74) is 1.08. The topological polar surface area (TPSA) is 72.0 Å². The molecule has 2 aromatic rings. The molecule has 0 saturated carbocycles. The van der Waals surface area contributed by atoms with Crippen molar-refractivity contribution in [2.45, 2.75) is 50.8 Å². The number of esters is 1. The number of aromatic amines is 1. The Morgan fingerprint density at radius 1 is 1.41 bits per heavy atom. The summed E-state index contributed by atoms with van der Waals surface area (Å²) in [4.78, 5) is 33.3. The Morgan fingerprint density at radius 2 is 2.18 bits per heavy atom. The van der Waals surface area contributed by atoms with Gasteiger partial charge in [0.2, 0.25) is 0 Å². The van der Waals surface area contributed by atoms with E-state index in [9.17, 15) is 9.59 Å². The number of hydrogen-bond donors (Lipinski definition) is 1. The van der Waals surface area contributed by atoms with E-state index in [1.807, 2.05) is 13.8 Å². The van der Waals surface area contributed by atoms with Gasteiger partial charge in [-0.05, 0) is 45.1 Å². The number of hydrogen-bond acceptors (Lipinski definition) is 6. The van der Waals surface area contributed by atoms with E-state index in [2.05, 4.69) is 9.97 Å². The standard InChI is InChI=1S/C15H18N2O3S2/c1-8(2)20-11(18)7-21-15-16-13(19)12-9-5-3-4-6-10(9)22-14(12)17-15/h8H,3-7H2,1-2H3,(H,16,17,19). The van der Waals surface area contributed by atoms with Crippen molar-refractivity contribution < 1.29 is 9.53 Å². The number of nitrogens with one attached hydrogen (secondary N) is 1. The van der Waals surface area contributed by atoms with E-state index in [-0.39, 0.29) is 23.4 Å². The van der Waals surface area contributed by atoms with Gasteiger partial charge in [0.25, 0.3) is 5.56 Å². The van der Waals surface area contributed by atoms with Crippen LogP contribution in [0.1, 0.15) is 37.1 Å². The normalized spacial score (nSPS) is 14.3. The Morgan fingerprint density at radius 3 is 2.95 bits per heavy atom. The summed E-state index contributed by atoms with van der Waals surface area (Å²) in [6.07, 6.45) is 4.19. The highest BCUT2D eigenvalue weighted by Gasteiger charge is 2.20. The van der Waals surface area contributed by atoms with Gasteiger partial charge in [0, 0.05) is 4.88 Å². The monoisotopic (exact) mass is 338 g/mol. The molecule has 22 heavy (non-hydrogen) atoms. The number of rotatable bonds is 4. The number of carbonyl (C=O) groups excluding carboxylic acids is 1. The largest absolute Gasteiger partial charge is 0.462 e. The molecule has 118 valence electrons. The lowest BCUT2D eigenvalue weighted by molar-refractivity contribution is -0.144. The summed E-state index contributed by atoms with van der Waals surface area (Å²) < 4.78 is 5.08. The molecule has 1 N–H and O–H groups in total. The minimum Gasteiger partial charge on any atom is -0.462 e. The van der Waals surface area contributed by atoms with Gasteiger partial charge in [0.1, 0.15) is 4.83 Å². The van der Waals surface area contributed by atoms with Crippen molar-refractivity contribution >= 4 is 39.3 Å². The van der Waals surface area contributed by atoms with Gasteiger partial charge in [-0.15, -0.1) is 11.3 Å². The van der Waals surface area contributed by atoms with Crippen LogP contribution in [0.25, 0.3) is 10.2 Å². The maximum Gasteiger partial charge on any atom is 0.316 e. The predicted octanol–water partition coefficient (Wildman–Crippen LogP) is 2.91. The Hall–Kier alpha value is -1.34. The zero-order valence-electron chi connectivity index (χ0n) is 12.6. The highest BCUT2D eigenvalue weighted by molar-refractivity contribution is 7.99. The smallest absolute Gasteiger partial charge is 0.316 e. The molecule has 0 fully saturated rings. The van der Waals surface area contributed by atoms with E-state index in [0.717, 1.165) is 29.5 Å². The first-order chi connectivity index (χ1) is 10.5. The molecule has 0 spiro atoms. The van der Waals surface area contributed by atoms with Crippen molar-refractivity contribution in [1.29, 1.82) is 0 Å². The fraction of sp³-hybridized carbons (Fsp3) is 0.533. The molecule has 0 aromatic carbocycles. The molecule has 2 aromatic heterocycles. The number of aromatic nitrogens is 2. The molecule has 3 rings (SSSR count). The Labute approximate surface area is 136 Å². The van der Waals surface area contributed by atoms with Crippen LogP contribution >= 0.6 is 23.1 Å². The van der Waals surface area contributed by atoms with Gasteiger partial charge >= 0.3 is 5.97 Å². The summed E-state index contributed by atoms with van der Waals surface area (Å²) in [6.45, 7) is 3.62. The molecule has 0 unspecified atom stereocenters. The molecule has 0 radical (unpaired) electrons. The molecule has 1 aliphatic rings. The van der Waals surface area contributed by atoms with E-state index in [1.54, 1.807) is 11.3 Å². The lowest BCUT2D eigenvalue weighted by atomic mass is 9.97. The van der Waals surface area contributed by atoms with Gasteiger partial charge in [0.05, 0.1) is 17.2 Å². The zero-order chi connectivity index (χ0) is 15.7. The third kappa shape index (κ3) is 3.20. The van der Waals surface area contributed by atoms with Crippen LogP contribution in [0.5, 0.6) is 0 Å².